The van der Waals surface area contributed by atoms with E-state index in [2.05, 4.69) is 70.5 Å². The first-order valence-corrected chi connectivity index (χ1v) is 11.4. The summed E-state index contributed by atoms with van der Waals surface area (Å²) in [5.74, 6) is 1.32. The van der Waals surface area contributed by atoms with Crippen molar-refractivity contribution < 1.29 is 4.79 Å². The number of nitrogens with one attached hydrogen (secondary N) is 1. The Kier molecular flexibility index (Phi) is 5.55. The van der Waals surface area contributed by atoms with Gasteiger partial charge in [0.15, 0.2) is 11.0 Å². The lowest BCUT2D eigenvalue weighted by atomic mass is 10.0. The zero-order chi connectivity index (χ0) is 19.7. The molecule has 4 rings (SSSR count). The number of carbonyl (C=O) groups is 1. The SMILES string of the molecule is CCn1c(SCC(=O)NC2CC2)nnc1-c1csc(C)c1-c1ccc(C)cc1. The molecule has 1 aromatic carbocycles. The molecule has 0 saturated heterocycles. The number of rotatable bonds is 7. The molecule has 0 bridgehead atoms. The highest BCUT2D eigenvalue weighted by Gasteiger charge is 2.24. The van der Waals surface area contributed by atoms with E-state index >= 15 is 0 Å². The Balaban J connectivity index is 1.62. The van der Waals surface area contributed by atoms with E-state index in [0.717, 1.165) is 35.9 Å². The monoisotopic (exact) mass is 412 g/mol. The molecule has 3 aromatic rings. The predicted molar refractivity (Wildman–Crippen MR) is 116 cm³/mol. The van der Waals surface area contributed by atoms with Crippen molar-refractivity contribution in [2.24, 2.45) is 0 Å². The number of thiophene rings is 1. The van der Waals surface area contributed by atoms with Gasteiger partial charge < -0.3 is 9.88 Å². The Labute approximate surface area is 173 Å². The van der Waals surface area contributed by atoms with Gasteiger partial charge in [0.05, 0.1) is 5.75 Å². The van der Waals surface area contributed by atoms with E-state index < -0.39 is 0 Å². The maximum Gasteiger partial charge on any atom is 0.230 e. The fraction of sp³-hybridized carbons (Fsp3) is 0.381. The topological polar surface area (TPSA) is 59.8 Å². The van der Waals surface area contributed by atoms with Crippen molar-refractivity contribution in [2.75, 3.05) is 5.75 Å². The first kappa shape index (κ1) is 19.2. The highest BCUT2D eigenvalue weighted by Crippen LogP contribution is 2.39. The van der Waals surface area contributed by atoms with Gasteiger partial charge in [-0.2, -0.15) is 0 Å². The van der Waals surface area contributed by atoms with Gasteiger partial charge in [-0.1, -0.05) is 41.6 Å². The molecule has 7 heteroatoms. The van der Waals surface area contributed by atoms with E-state index in [0.29, 0.717) is 11.8 Å². The first-order chi connectivity index (χ1) is 13.6. The Hall–Kier alpha value is -2.12. The van der Waals surface area contributed by atoms with E-state index in [1.165, 1.54) is 33.3 Å². The number of thioether (sulfide) groups is 1. The molecule has 1 aliphatic rings. The normalized spacial score (nSPS) is 13.7. The van der Waals surface area contributed by atoms with Crippen LogP contribution in [0.15, 0.2) is 34.8 Å². The summed E-state index contributed by atoms with van der Waals surface area (Å²) < 4.78 is 2.11. The lowest BCUT2D eigenvalue weighted by Gasteiger charge is -2.09. The van der Waals surface area contributed by atoms with Gasteiger partial charge in [-0.3, -0.25) is 4.79 Å². The third-order valence-corrected chi connectivity index (χ3v) is 6.74. The molecule has 1 fully saturated rings. The van der Waals surface area contributed by atoms with Crippen LogP contribution in [0, 0.1) is 13.8 Å². The summed E-state index contributed by atoms with van der Waals surface area (Å²) in [5.41, 5.74) is 4.77. The Morgan fingerprint density at radius 2 is 2.00 bits per heavy atom. The van der Waals surface area contributed by atoms with Gasteiger partial charge in [0.2, 0.25) is 5.91 Å². The van der Waals surface area contributed by atoms with Gasteiger partial charge in [0.1, 0.15) is 0 Å². The van der Waals surface area contributed by atoms with Crippen LogP contribution in [0.1, 0.15) is 30.2 Å². The van der Waals surface area contributed by atoms with Crippen LogP contribution >= 0.6 is 23.1 Å². The molecule has 0 radical (unpaired) electrons. The molecule has 28 heavy (non-hydrogen) atoms. The molecule has 1 N–H and O–H groups in total. The minimum absolute atomic E-state index is 0.0754. The summed E-state index contributed by atoms with van der Waals surface area (Å²) in [7, 11) is 0. The third kappa shape index (κ3) is 4.00. The van der Waals surface area contributed by atoms with Crippen molar-refractivity contribution in [2.45, 2.75) is 51.4 Å². The van der Waals surface area contributed by atoms with Gasteiger partial charge in [-0.25, -0.2) is 0 Å². The van der Waals surface area contributed by atoms with Crippen molar-refractivity contribution in [3.63, 3.8) is 0 Å². The molecule has 0 spiro atoms. The standard InChI is InChI=1S/C21H24N4OS2/c1-4-25-20(23-24-21(25)28-12-18(26)22-16-9-10-16)17-11-27-14(3)19(17)15-7-5-13(2)6-8-15/h5-8,11,16H,4,9-10,12H2,1-3H3,(H,22,26). The van der Waals surface area contributed by atoms with Crippen LogP contribution in [0.25, 0.3) is 22.5 Å². The van der Waals surface area contributed by atoms with Crippen molar-refractivity contribution in [3.05, 3.63) is 40.1 Å². The van der Waals surface area contributed by atoms with E-state index in [4.69, 9.17) is 0 Å². The molecule has 2 aromatic heterocycles. The fourth-order valence-electron chi connectivity index (χ4n) is 3.21. The maximum absolute atomic E-state index is 12.0. The highest BCUT2D eigenvalue weighted by molar-refractivity contribution is 7.99. The van der Waals surface area contributed by atoms with Crippen molar-refractivity contribution in [1.82, 2.24) is 20.1 Å². The molecule has 0 aliphatic heterocycles. The molecule has 1 amide bonds. The minimum atomic E-state index is 0.0754. The van der Waals surface area contributed by atoms with Gasteiger partial charge in [-0.15, -0.1) is 21.5 Å². The maximum atomic E-state index is 12.0. The van der Waals surface area contributed by atoms with Crippen LogP contribution in [0.4, 0.5) is 0 Å². The zero-order valence-electron chi connectivity index (χ0n) is 16.4. The lowest BCUT2D eigenvalue weighted by Crippen LogP contribution is -2.27. The summed E-state index contributed by atoms with van der Waals surface area (Å²) in [6, 6.07) is 9.00. The summed E-state index contributed by atoms with van der Waals surface area (Å²) in [5, 5.41) is 14.9. The zero-order valence-corrected chi connectivity index (χ0v) is 18.0. The van der Waals surface area contributed by atoms with E-state index in [1.54, 1.807) is 11.3 Å². The largest absolute Gasteiger partial charge is 0.353 e. The van der Waals surface area contributed by atoms with Crippen molar-refractivity contribution in [1.29, 1.82) is 0 Å². The smallest absolute Gasteiger partial charge is 0.230 e. The molecule has 1 saturated carbocycles. The Morgan fingerprint density at radius 1 is 1.25 bits per heavy atom. The average Bonchev–Trinajstić information content (AvgIpc) is 3.27. The summed E-state index contributed by atoms with van der Waals surface area (Å²) in [6.45, 7) is 7.10. The van der Waals surface area contributed by atoms with E-state index in [9.17, 15) is 4.79 Å². The van der Waals surface area contributed by atoms with Crippen LogP contribution in [0.2, 0.25) is 0 Å². The second-order valence-electron chi connectivity index (χ2n) is 7.13. The molecular formula is C21H24N4OS2. The first-order valence-electron chi connectivity index (χ1n) is 9.57. The number of hydrogen-bond acceptors (Lipinski definition) is 5. The number of aryl methyl sites for hydroxylation is 2. The molecule has 0 unspecified atom stereocenters. The van der Waals surface area contributed by atoms with Gasteiger partial charge in [0, 0.05) is 34.0 Å². The van der Waals surface area contributed by atoms with E-state index in [-0.39, 0.29) is 5.91 Å². The number of benzene rings is 1. The van der Waals surface area contributed by atoms with Crippen LogP contribution in [-0.4, -0.2) is 32.5 Å². The van der Waals surface area contributed by atoms with Crippen molar-refractivity contribution in [3.8, 4) is 22.5 Å². The molecule has 146 valence electrons. The lowest BCUT2D eigenvalue weighted by molar-refractivity contribution is -0.118. The summed E-state index contributed by atoms with van der Waals surface area (Å²) in [4.78, 5) is 13.3. The Bertz CT molecular complexity index is 987. The number of nitrogens with zero attached hydrogens (tertiary/aromatic N) is 3. The number of amides is 1. The summed E-state index contributed by atoms with van der Waals surface area (Å²) >= 11 is 3.19. The summed E-state index contributed by atoms with van der Waals surface area (Å²) in [6.07, 6.45) is 2.20. The van der Waals surface area contributed by atoms with Crippen LogP contribution in [-0.2, 0) is 11.3 Å². The number of hydrogen-bond donors (Lipinski definition) is 1. The third-order valence-electron chi connectivity index (χ3n) is 4.86. The predicted octanol–water partition coefficient (Wildman–Crippen LogP) is 4.68. The van der Waals surface area contributed by atoms with Crippen molar-refractivity contribution >= 4 is 29.0 Å². The van der Waals surface area contributed by atoms with Crippen LogP contribution in [0.3, 0.4) is 0 Å². The quantitative estimate of drug-likeness (QED) is 0.572. The fourth-order valence-corrected chi connectivity index (χ4v) is 4.88. The van der Waals surface area contributed by atoms with E-state index in [1.807, 2.05) is 0 Å². The highest BCUT2D eigenvalue weighted by atomic mass is 32.2. The van der Waals surface area contributed by atoms with Crippen LogP contribution < -0.4 is 5.32 Å². The molecule has 2 heterocycles. The number of aromatic nitrogens is 3. The number of carbonyl (C=O) groups excluding carboxylic acids is 1. The van der Waals surface area contributed by atoms with Gasteiger partial charge in [0.25, 0.3) is 0 Å². The molecule has 5 nitrogen and oxygen atoms in total. The average molecular weight is 413 g/mol. The van der Waals surface area contributed by atoms with Gasteiger partial charge >= 0.3 is 0 Å². The molecular weight excluding hydrogens is 388 g/mol. The van der Waals surface area contributed by atoms with Crippen LogP contribution in [0.5, 0.6) is 0 Å². The second-order valence-corrected chi connectivity index (χ2v) is 9.15. The Morgan fingerprint density at radius 3 is 2.68 bits per heavy atom. The van der Waals surface area contributed by atoms with Gasteiger partial charge in [-0.05, 0) is 39.2 Å². The minimum Gasteiger partial charge on any atom is -0.353 e. The molecule has 0 atom stereocenters. The second kappa shape index (κ2) is 8.09. The molecule has 1 aliphatic carbocycles.